The third kappa shape index (κ3) is 7.54. The van der Waals surface area contributed by atoms with E-state index in [-0.39, 0.29) is 0 Å². The molecule has 0 aliphatic rings. The fourth-order valence-electron chi connectivity index (χ4n) is 1.89. The molecule has 0 bridgehead atoms. The van der Waals surface area contributed by atoms with Crippen LogP contribution in [0.1, 0.15) is 19.3 Å². The van der Waals surface area contributed by atoms with Gasteiger partial charge < -0.3 is 0 Å². The largest absolute Gasteiger partial charge is 0.179 e. The lowest BCUT2D eigenvalue weighted by atomic mass is 10.5. The van der Waals surface area contributed by atoms with Gasteiger partial charge in [-0.05, 0) is 36.5 Å². The summed E-state index contributed by atoms with van der Waals surface area (Å²) in [4.78, 5) is 0. The zero-order valence-corrected chi connectivity index (χ0v) is 12.9. The lowest BCUT2D eigenvalue weighted by Gasteiger charge is -2.27. The quantitative estimate of drug-likeness (QED) is 0.408. The Bertz CT molecular complexity index is 109. The Kier molecular flexibility index (Phi) is 10.3. The molecule has 0 saturated heterocycles. The van der Waals surface area contributed by atoms with Crippen molar-refractivity contribution in [2.45, 2.75) is 43.9 Å². The van der Waals surface area contributed by atoms with Crippen LogP contribution in [0.25, 0.3) is 0 Å². The third-order valence-corrected chi connectivity index (χ3v) is 8.45. The van der Waals surface area contributed by atoms with Crippen LogP contribution in [-0.2, 0) is 0 Å². The Hall–Kier alpha value is 1.27. The predicted octanol–water partition coefficient (Wildman–Crippen LogP) is 4.02. The lowest BCUT2D eigenvalue weighted by molar-refractivity contribution is 0.943. The molecule has 0 saturated carbocycles. The summed E-state index contributed by atoms with van der Waals surface area (Å²) in [5, 5.41) is 0. The maximum atomic E-state index is 4.31. The Morgan fingerprint density at radius 3 is 1.21 bits per heavy atom. The molecule has 14 heavy (non-hydrogen) atoms. The Labute approximate surface area is 107 Å². The molecule has 0 atom stereocenters. The molecule has 86 valence electrons. The van der Waals surface area contributed by atoms with E-state index in [1.165, 1.54) is 37.4 Å². The summed E-state index contributed by atoms with van der Waals surface area (Å²) < 4.78 is 0. The number of hydrogen-bond acceptors (Lipinski definition) is 3. The molecule has 0 unspecified atom stereocenters. The summed E-state index contributed by atoms with van der Waals surface area (Å²) >= 11 is 12.9. The predicted molar refractivity (Wildman–Crippen MR) is 81.4 cm³/mol. The second-order valence-corrected chi connectivity index (χ2v) is 10.8. The summed E-state index contributed by atoms with van der Waals surface area (Å²) in [7, 11) is -0.959. The monoisotopic (exact) mass is 268 g/mol. The van der Waals surface area contributed by atoms with E-state index in [1.807, 2.05) is 0 Å². The van der Waals surface area contributed by atoms with Crippen molar-refractivity contribution in [2.75, 3.05) is 17.3 Å². The van der Waals surface area contributed by atoms with E-state index in [0.717, 1.165) is 17.3 Å². The first kappa shape index (κ1) is 15.3. The van der Waals surface area contributed by atoms with E-state index < -0.39 is 8.07 Å². The van der Waals surface area contributed by atoms with Crippen molar-refractivity contribution in [2.24, 2.45) is 0 Å². The van der Waals surface area contributed by atoms with E-state index in [0.29, 0.717) is 0 Å². The van der Waals surface area contributed by atoms with E-state index in [2.05, 4.69) is 44.4 Å². The van der Waals surface area contributed by atoms with Gasteiger partial charge in [0.15, 0.2) is 0 Å². The summed E-state index contributed by atoms with van der Waals surface area (Å²) in [6.07, 6.45) is 3.89. The molecular weight excluding hydrogens is 244 g/mol. The molecule has 0 spiro atoms. The van der Waals surface area contributed by atoms with Gasteiger partial charge in [-0.25, -0.2) is 0 Å². The molecule has 0 aliphatic heterocycles. The molecule has 0 heterocycles. The van der Waals surface area contributed by atoms with Crippen LogP contribution in [0.15, 0.2) is 0 Å². The minimum atomic E-state index is -0.959. The van der Waals surface area contributed by atoms with Crippen LogP contribution in [-0.4, -0.2) is 25.3 Å². The highest BCUT2D eigenvalue weighted by Gasteiger charge is 2.24. The van der Waals surface area contributed by atoms with Crippen LogP contribution in [0.4, 0.5) is 0 Å². The van der Waals surface area contributed by atoms with Gasteiger partial charge in [0.1, 0.15) is 0 Å². The van der Waals surface area contributed by atoms with Crippen LogP contribution < -0.4 is 0 Å². The van der Waals surface area contributed by atoms with Crippen LogP contribution >= 0.6 is 37.9 Å². The molecule has 0 nitrogen and oxygen atoms in total. The highest BCUT2D eigenvalue weighted by atomic mass is 32.1. The Morgan fingerprint density at radius 2 is 1.00 bits per heavy atom. The maximum absolute atomic E-state index is 4.31. The fraction of sp³-hybridized carbons (Fsp3) is 1.00. The molecule has 0 aromatic rings. The molecule has 0 fully saturated rings. The third-order valence-electron chi connectivity index (χ3n) is 2.82. The van der Waals surface area contributed by atoms with E-state index in [9.17, 15) is 0 Å². The average molecular weight is 269 g/mol. The molecule has 0 aromatic carbocycles. The van der Waals surface area contributed by atoms with Gasteiger partial charge in [-0.15, -0.1) is 0 Å². The molecule has 0 amide bonds. The van der Waals surface area contributed by atoms with E-state index >= 15 is 0 Å². The van der Waals surface area contributed by atoms with Gasteiger partial charge in [-0.2, -0.15) is 37.9 Å². The first-order valence-corrected chi connectivity index (χ1v) is 10.5. The summed E-state index contributed by atoms with van der Waals surface area (Å²) in [6, 6.07) is 4.33. The van der Waals surface area contributed by atoms with E-state index in [1.54, 1.807) is 0 Å². The van der Waals surface area contributed by atoms with Crippen molar-refractivity contribution in [3.05, 3.63) is 0 Å². The van der Waals surface area contributed by atoms with Crippen molar-refractivity contribution in [3.8, 4) is 0 Å². The van der Waals surface area contributed by atoms with E-state index in [4.69, 9.17) is 0 Å². The summed E-state index contributed by atoms with van der Waals surface area (Å²) in [6.45, 7) is 2.54. The van der Waals surface area contributed by atoms with Crippen LogP contribution in [0.3, 0.4) is 0 Å². The summed E-state index contributed by atoms with van der Waals surface area (Å²) in [5.74, 6) is 3.14. The number of hydrogen-bond donors (Lipinski definition) is 3. The highest BCUT2D eigenvalue weighted by molar-refractivity contribution is 7.80. The van der Waals surface area contributed by atoms with Gasteiger partial charge in [0.05, 0.1) is 8.07 Å². The second kappa shape index (κ2) is 9.49. The average Bonchev–Trinajstić information content (AvgIpc) is 2.21. The van der Waals surface area contributed by atoms with Crippen molar-refractivity contribution in [1.82, 2.24) is 0 Å². The Balaban J connectivity index is 3.89. The minimum absolute atomic E-state index is 0.959. The molecule has 0 radical (unpaired) electrons. The SMILES string of the molecule is C[Si](CCCS)(CCCS)CCCS. The van der Waals surface area contributed by atoms with Crippen LogP contribution in [0, 0.1) is 0 Å². The molecular formula is C10H24S3Si. The molecule has 4 heteroatoms. The first-order chi connectivity index (χ1) is 6.68. The molecule has 0 N–H and O–H groups in total. The van der Waals surface area contributed by atoms with Crippen LogP contribution in [0.5, 0.6) is 0 Å². The normalized spacial score (nSPS) is 12.0. The zero-order chi connectivity index (χ0) is 10.9. The number of thiol groups is 3. The van der Waals surface area contributed by atoms with Crippen molar-refractivity contribution < 1.29 is 0 Å². The van der Waals surface area contributed by atoms with Crippen LogP contribution in [0.2, 0.25) is 24.7 Å². The first-order valence-electron chi connectivity index (χ1n) is 5.51. The molecule has 0 aromatic heterocycles. The maximum Gasteiger partial charge on any atom is 0.0505 e. The fourth-order valence-corrected chi connectivity index (χ4v) is 7.10. The van der Waals surface area contributed by atoms with Gasteiger partial charge >= 0.3 is 0 Å². The van der Waals surface area contributed by atoms with Gasteiger partial charge in [0.2, 0.25) is 0 Å². The highest BCUT2D eigenvalue weighted by Crippen LogP contribution is 2.26. The number of rotatable bonds is 9. The smallest absolute Gasteiger partial charge is 0.0505 e. The molecule has 0 aliphatic carbocycles. The standard InChI is InChI=1S/C10H24S3Si/c1-14(8-2-5-11,9-3-6-12)10-4-7-13/h11-13H,2-10H2,1H3. The minimum Gasteiger partial charge on any atom is -0.179 e. The Morgan fingerprint density at radius 1 is 0.714 bits per heavy atom. The lowest BCUT2D eigenvalue weighted by Crippen LogP contribution is -2.30. The van der Waals surface area contributed by atoms with Gasteiger partial charge in [0.25, 0.3) is 0 Å². The van der Waals surface area contributed by atoms with Gasteiger partial charge in [-0.1, -0.05) is 24.7 Å². The second-order valence-electron chi connectivity index (χ2n) is 4.29. The summed E-state index contributed by atoms with van der Waals surface area (Å²) in [5.41, 5.74) is 0. The van der Waals surface area contributed by atoms with Gasteiger partial charge in [-0.3, -0.25) is 0 Å². The van der Waals surface area contributed by atoms with Crippen molar-refractivity contribution in [3.63, 3.8) is 0 Å². The van der Waals surface area contributed by atoms with Crippen molar-refractivity contribution in [1.29, 1.82) is 0 Å². The van der Waals surface area contributed by atoms with Crippen molar-refractivity contribution >= 4 is 46.0 Å². The van der Waals surface area contributed by atoms with Gasteiger partial charge in [0, 0.05) is 0 Å². The topological polar surface area (TPSA) is 0 Å². The molecule has 0 rings (SSSR count). The zero-order valence-electron chi connectivity index (χ0n) is 9.21.